The molecule has 0 aliphatic heterocycles. The van der Waals surface area contributed by atoms with Gasteiger partial charge in [0, 0.05) is 6.42 Å². The van der Waals surface area contributed by atoms with Crippen LogP contribution in [0.1, 0.15) is 39.2 Å². The summed E-state index contributed by atoms with van der Waals surface area (Å²) in [5.41, 5.74) is 1.35. The maximum atomic E-state index is 11.1. The van der Waals surface area contributed by atoms with Crippen molar-refractivity contribution in [2.24, 2.45) is 0 Å². The molecule has 0 amide bonds. The Balaban J connectivity index is 2.87. The average Bonchev–Trinajstić information content (AvgIpc) is 2.55. The van der Waals surface area contributed by atoms with E-state index in [9.17, 15) is 4.79 Å². The SMILES string of the molecule is CCC(C)(CC(C)=O)c1ccsc1. The van der Waals surface area contributed by atoms with Gasteiger partial charge < -0.3 is 0 Å². The van der Waals surface area contributed by atoms with Gasteiger partial charge in [0.2, 0.25) is 0 Å². The number of rotatable bonds is 4. The minimum atomic E-state index is 0.0475. The van der Waals surface area contributed by atoms with Crippen LogP contribution < -0.4 is 0 Å². The number of ketones is 1. The van der Waals surface area contributed by atoms with Crippen molar-refractivity contribution in [3.05, 3.63) is 22.4 Å². The molecule has 0 bridgehead atoms. The first-order chi connectivity index (χ1) is 6.08. The number of hydrogen-bond donors (Lipinski definition) is 0. The summed E-state index contributed by atoms with van der Waals surface area (Å²) in [4.78, 5) is 11.1. The highest BCUT2D eigenvalue weighted by atomic mass is 32.1. The fourth-order valence-electron chi connectivity index (χ4n) is 1.59. The molecule has 0 saturated heterocycles. The third kappa shape index (κ3) is 2.41. The van der Waals surface area contributed by atoms with Crippen LogP contribution in [-0.4, -0.2) is 5.78 Å². The van der Waals surface area contributed by atoms with Gasteiger partial charge in [-0.25, -0.2) is 0 Å². The number of Topliss-reactive ketones (excluding diaryl/α,β-unsaturated/α-hetero) is 1. The fraction of sp³-hybridized carbons (Fsp3) is 0.545. The van der Waals surface area contributed by atoms with Gasteiger partial charge in [0.1, 0.15) is 5.78 Å². The first-order valence-electron chi connectivity index (χ1n) is 4.60. The van der Waals surface area contributed by atoms with Gasteiger partial charge in [0.05, 0.1) is 0 Å². The van der Waals surface area contributed by atoms with E-state index in [0.717, 1.165) is 6.42 Å². The van der Waals surface area contributed by atoms with Crippen molar-refractivity contribution in [3.8, 4) is 0 Å². The van der Waals surface area contributed by atoms with E-state index in [1.807, 2.05) is 0 Å². The van der Waals surface area contributed by atoms with Crippen molar-refractivity contribution in [2.45, 2.75) is 39.0 Å². The maximum Gasteiger partial charge on any atom is 0.130 e. The molecule has 1 atom stereocenters. The molecule has 0 spiro atoms. The van der Waals surface area contributed by atoms with E-state index in [1.165, 1.54) is 5.56 Å². The van der Waals surface area contributed by atoms with E-state index in [2.05, 4.69) is 30.7 Å². The lowest BCUT2D eigenvalue weighted by atomic mass is 9.77. The van der Waals surface area contributed by atoms with Crippen LogP contribution in [0.15, 0.2) is 16.8 Å². The van der Waals surface area contributed by atoms with E-state index in [1.54, 1.807) is 18.3 Å². The summed E-state index contributed by atoms with van der Waals surface area (Å²) < 4.78 is 0. The highest BCUT2D eigenvalue weighted by molar-refractivity contribution is 7.08. The Labute approximate surface area is 83.8 Å². The molecule has 1 unspecified atom stereocenters. The Morgan fingerprint density at radius 1 is 1.62 bits per heavy atom. The van der Waals surface area contributed by atoms with E-state index in [0.29, 0.717) is 6.42 Å². The average molecular weight is 196 g/mol. The van der Waals surface area contributed by atoms with E-state index in [4.69, 9.17) is 0 Å². The summed E-state index contributed by atoms with van der Waals surface area (Å²) in [5.74, 6) is 0.274. The quantitative estimate of drug-likeness (QED) is 0.721. The zero-order valence-electron chi connectivity index (χ0n) is 8.46. The van der Waals surface area contributed by atoms with Crippen molar-refractivity contribution in [3.63, 3.8) is 0 Å². The van der Waals surface area contributed by atoms with Gasteiger partial charge in [-0.2, -0.15) is 11.3 Å². The largest absolute Gasteiger partial charge is 0.300 e. The van der Waals surface area contributed by atoms with Crippen molar-refractivity contribution in [2.75, 3.05) is 0 Å². The lowest BCUT2D eigenvalue weighted by Crippen LogP contribution is -2.23. The van der Waals surface area contributed by atoms with Gasteiger partial charge in [0.25, 0.3) is 0 Å². The summed E-state index contributed by atoms with van der Waals surface area (Å²) in [6.07, 6.45) is 1.67. The highest BCUT2D eigenvalue weighted by Gasteiger charge is 2.26. The molecule has 0 N–H and O–H groups in total. The molecule has 1 aromatic heterocycles. The first-order valence-corrected chi connectivity index (χ1v) is 5.55. The van der Waals surface area contributed by atoms with Crippen molar-refractivity contribution in [1.82, 2.24) is 0 Å². The summed E-state index contributed by atoms with van der Waals surface area (Å²) in [7, 11) is 0. The molecule has 0 fully saturated rings. The van der Waals surface area contributed by atoms with Crippen LogP contribution in [0.4, 0.5) is 0 Å². The van der Waals surface area contributed by atoms with Crippen LogP contribution >= 0.6 is 11.3 Å². The topological polar surface area (TPSA) is 17.1 Å². The number of carbonyl (C=O) groups excluding carboxylic acids is 1. The van der Waals surface area contributed by atoms with E-state index < -0.39 is 0 Å². The highest BCUT2D eigenvalue weighted by Crippen LogP contribution is 2.32. The standard InChI is InChI=1S/C11H16OS/c1-4-11(3,7-9(2)12)10-5-6-13-8-10/h5-6,8H,4,7H2,1-3H3. The maximum absolute atomic E-state index is 11.1. The molecule has 0 saturated carbocycles. The third-order valence-corrected chi connectivity index (χ3v) is 3.32. The molecule has 0 aliphatic carbocycles. The molecular weight excluding hydrogens is 180 g/mol. The van der Waals surface area contributed by atoms with Crippen molar-refractivity contribution >= 4 is 17.1 Å². The van der Waals surface area contributed by atoms with Gasteiger partial charge in [-0.15, -0.1) is 0 Å². The normalized spacial score (nSPS) is 15.3. The summed E-state index contributed by atoms with van der Waals surface area (Å²) in [5, 5.41) is 4.22. The molecule has 1 heterocycles. The molecule has 2 heteroatoms. The van der Waals surface area contributed by atoms with Crippen LogP contribution in [-0.2, 0) is 10.2 Å². The summed E-state index contributed by atoms with van der Waals surface area (Å²) in [6.45, 7) is 5.97. The van der Waals surface area contributed by atoms with Gasteiger partial charge in [-0.3, -0.25) is 4.79 Å². The van der Waals surface area contributed by atoms with Crippen molar-refractivity contribution in [1.29, 1.82) is 0 Å². The second-order valence-corrected chi connectivity index (χ2v) is 4.59. The van der Waals surface area contributed by atoms with Crippen LogP contribution in [0.25, 0.3) is 0 Å². The Kier molecular flexibility index (Phi) is 3.26. The number of thiophene rings is 1. The van der Waals surface area contributed by atoms with Crippen LogP contribution in [0.5, 0.6) is 0 Å². The Morgan fingerprint density at radius 2 is 2.31 bits per heavy atom. The molecule has 1 nitrogen and oxygen atoms in total. The van der Waals surface area contributed by atoms with Gasteiger partial charge >= 0.3 is 0 Å². The summed E-state index contributed by atoms with van der Waals surface area (Å²) in [6, 6.07) is 2.12. The molecule has 1 rings (SSSR count). The second-order valence-electron chi connectivity index (χ2n) is 3.81. The molecule has 13 heavy (non-hydrogen) atoms. The summed E-state index contributed by atoms with van der Waals surface area (Å²) >= 11 is 1.70. The predicted molar refractivity (Wildman–Crippen MR) is 57.3 cm³/mol. The Bertz CT molecular complexity index is 276. The smallest absolute Gasteiger partial charge is 0.130 e. The lowest BCUT2D eigenvalue weighted by molar-refractivity contribution is -0.118. The predicted octanol–water partition coefficient (Wildman–Crippen LogP) is 3.39. The Morgan fingerprint density at radius 3 is 2.69 bits per heavy atom. The van der Waals surface area contributed by atoms with Crippen LogP contribution in [0, 0.1) is 0 Å². The zero-order chi connectivity index (χ0) is 9.90. The van der Waals surface area contributed by atoms with Gasteiger partial charge in [-0.05, 0) is 41.1 Å². The van der Waals surface area contributed by atoms with Crippen LogP contribution in [0.3, 0.4) is 0 Å². The first kappa shape index (κ1) is 10.5. The molecule has 0 radical (unpaired) electrons. The minimum Gasteiger partial charge on any atom is -0.300 e. The molecule has 1 aromatic rings. The number of carbonyl (C=O) groups is 1. The third-order valence-electron chi connectivity index (χ3n) is 2.64. The fourth-order valence-corrected chi connectivity index (χ4v) is 2.40. The number of hydrogen-bond acceptors (Lipinski definition) is 2. The zero-order valence-corrected chi connectivity index (χ0v) is 9.28. The second kappa shape index (κ2) is 4.05. The van der Waals surface area contributed by atoms with E-state index >= 15 is 0 Å². The molecule has 72 valence electrons. The molecular formula is C11H16OS. The minimum absolute atomic E-state index is 0.0475. The van der Waals surface area contributed by atoms with Crippen molar-refractivity contribution < 1.29 is 4.79 Å². The van der Waals surface area contributed by atoms with E-state index in [-0.39, 0.29) is 11.2 Å². The van der Waals surface area contributed by atoms with Gasteiger partial charge in [0.15, 0.2) is 0 Å². The lowest BCUT2D eigenvalue weighted by Gasteiger charge is -2.26. The molecule has 0 aromatic carbocycles. The van der Waals surface area contributed by atoms with Gasteiger partial charge in [-0.1, -0.05) is 13.8 Å². The molecule has 0 aliphatic rings. The Hall–Kier alpha value is -0.630. The van der Waals surface area contributed by atoms with Crippen LogP contribution in [0.2, 0.25) is 0 Å². The monoisotopic (exact) mass is 196 g/mol.